The SMILES string of the molecule is CSc1nc2cc(Cl)ncc2[nH]1. The van der Waals surface area contributed by atoms with Gasteiger partial charge in [-0.3, -0.25) is 0 Å². The number of thioether (sulfide) groups is 1. The standard InChI is InChI=1S/C7H6ClN3S/c1-12-7-10-4-2-6(8)9-3-5(4)11-7/h2-3H,1H3,(H,10,11). The summed E-state index contributed by atoms with van der Waals surface area (Å²) in [5.74, 6) is 0. The molecule has 2 aromatic heterocycles. The molecule has 0 aliphatic rings. The van der Waals surface area contributed by atoms with Gasteiger partial charge in [0.2, 0.25) is 0 Å². The fraction of sp³-hybridized carbons (Fsp3) is 0.143. The first-order chi connectivity index (χ1) is 5.79. The zero-order valence-corrected chi connectivity index (χ0v) is 7.91. The van der Waals surface area contributed by atoms with Crippen molar-refractivity contribution in [1.29, 1.82) is 0 Å². The van der Waals surface area contributed by atoms with E-state index < -0.39 is 0 Å². The molecule has 0 aliphatic heterocycles. The first-order valence-corrected chi connectivity index (χ1v) is 4.95. The van der Waals surface area contributed by atoms with E-state index in [1.807, 2.05) is 6.26 Å². The molecule has 0 amide bonds. The van der Waals surface area contributed by atoms with Gasteiger partial charge in [-0.25, -0.2) is 9.97 Å². The van der Waals surface area contributed by atoms with Gasteiger partial charge in [-0.05, 0) is 6.26 Å². The molecule has 5 heteroatoms. The van der Waals surface area contributed by atoms with Crippen LogP contribution in [0.25, 0.3) is 11.0 Å². The summed E-state index contributed by atoms with van der Waals surface area (Å²) < 4.78 is 0. The molecule has 0 atom stereocenters. The summed E-state index contributed by atoms with van der Waals surface area (Å²) >= 11 is 7.26. The number of halogens is 1. The van der Waals surface area contributed by atoms with Gasteiger partial charge in [0.25, 0.3) is 0 Å². The number of hydrogen-bond donors (Lipinski definition) is 1. The Balaban J connectivity index is 2.67. The van der Waals surface area contributed by atoms with Crippen molar-refractivity contribution < 1.29 is 0 Å². The molecule has 0 fully saturated rings. The van der Waals surface area contributed by atoms with Gasteiger partial charge in [-0.2, -0.15) is 0 Å². The van der Waals surface area contributed by atoms with E-state index in [1.54, 1.807) is 24.0 Å². The van der Waals surface area contributed by atoms with Crippen LogP contribution in [0.2, 0.25) is 5.15 Å². The van der Waals surface area contributed by atoms with Gasteiger partial charge in [0.05, 0.1) is 17.2 Å². The lowest BCUT2D eigenvalue weighted by atomic mass is 10.4. The van der Waals surface area contributed by atoms with Crippen LogP contribution < -0.4 is 0 Å². The third kappa shape index (κ3) is 1.28. The number of H-pyrrole nitrogens is 1. The molecular weight excluding hydrogens is 194 g/mol. The summed E-state index contributed by atoms with van der Waals surface area (Å²) in [5.41, 5.74) is 1.78. The van der Waals surface area contributed by atoms with Crippen LogP contribution >= 0.6 is 23.4 Å². The number of fused-ring (bicyclic) bond motifs is 1. The van der Waals surface area contributed by atoms with Crippen LogP contribution in [0, 0.1) is 0 Å². The summed E-state index contributed by atoms with van der Waals surface area (Å²) in [4.78, 5) is 11.3. The third-order valence-corrected chi connectivity index (χ3v) is 2.29. The highest BCUT2D eigenvalue weighted by molar-refractivity contribution is 7.98. The van der Waals surface area contributed by atoms with E-state index in [-0.39, 0.29) is 0 Å². The molecule has 0 aliphatic carbocycles. The molecular formula is C7H6ClN3S. The Morgan fingerprint density at radius 2 is 2.42 bits per heavy atom. The normalized spacial score (nSPS) is 10.8. The Labute approximate surface area is 78.6 Å². The predicted octanol–water partition coefficient (Wildman–Crippen LogP) is 2.33. The van der Waals surface area contributed by atoms with Crippen LogP contribution in [0.15, 0.2) is 17.4 Å². The van der Waals surface area contributed by atoms with Gasteiger partial charge in [-0.15, -0.1) is 0 Å². The monoisotopic (exact) mass is 199 g/mol. The highest BCUT2D eigenvalue weighted by atomic mass is 35.5. The second-order valence-electron chi connectivity index (χ2n) is 2.27. The van der Waals surface area contributed by atoms with Crippen molar-refractivity contribution in [2.45, 2.75) is 5.16 Å². The number of nitrogens with zero attached hydrogens (tertiary/aromatic N) is 2. The quantitative estimate of drug-likeness (QED) is 0.566. The minimum absolute atomic E-state index is 0.474. The number of hydrogen-bond acceptors (Lipinski definition) is 3. The van der Waals surface area contributed by atoms with E-state index in [1.165, 1.54) is 0 Å². The second kappa shape index (κ2) is 2.95. The van der Waals surface area contributed by atoms with Crippen molar-refractivity contribution in [2.75, 3.05) is 6.26 Å². The topological polar surface area (TPSA) is 41.6 Å². The molecule has 1 N–H and O–H groups in total. The van der Waals surface area contributed by atoms with Gasteiger partial charge >= 0.3 is 0 Å². The Bertz CT molecular complexity index is 412. The Morgan fingerprint density at radius 3 is 3.17 bits per heavy atom. The summed E-state index contributed by atoms with van der Waals surface area (Å²) in [5, 5.41) is 1.36. The Kier molecular flexibility index (Phi) is 1.94. The van der Waals surface area contributed by atoms with E-state index >= 15 is 0 Å². The Hall–Kier alpha value is -0.740. The molecule has 2 rings (SSSR count). The molecule has 0 aromatic carbocycles. The maximum absolute atomic E-state index is 5.70. The summed E-state index contributed by atoms with van der Waals surface area (Å²) in [6, 6.07) is 1.74. The van der Waals surface area contributed by atoms with E-state index in [0.29, 0.717) is 5.15 Å². The fourth-order valence-corrected chi connectivity index (χ4v) is 1.51. The van der Waals surface area contributed by atoms with Crippen LogP contribution in [0.4, 0.5) is 0 Å². The van der Waals surface area contributed by atoms with Crippen molar-refractivity contribution in [3.63, 3.8) is 0 Å². The lowest BCUT2D eigenvalue weighted by molar-refractivity contribution is 1.08. The summed E-state index contributed by atoms with van der Waals surface area (Å²) in [7, 11) is 0. The number of rotatable bonds is 1. The average Bonchev–Trinajstić information content (AvgIpc) is 2.46. The average molecular weight is 200 g/mol. The first kappa shape index (κ1) is 7.89. The number of imidazole rings is 1. The molecule has 0 saturated carbocycles. The van der Waals surface area contributed by atoms with E-state index in [9.17, 15) is 0 Å². The molecule has 2 heterocycles. The largest absolute Gasteiger partial charge is 0.332 e. The maximum Gasteiger partial charge on any atom is 0.166 e. The number of aromatic nitrogens is 3. The van der Waals surface area contributed by atoms with Crippen molar-refractivity contribution in [3.05, 3.63) is 17.4 Å². The predicted molar refractivity (Wildman–Crippen MR) is 50.7 cm³/mol. The van der Waals surface area contributed by atoms with Gasteiger partial charge in [-0.1, -0.05) is 23.4 Å². The molecule has 0 unspecified atom stereocenters. The molecule has 12 heavy (non-hydrogen) atoms. The fourth-order valence-electron chi connectivity index (χ4n) is 0.958. The van der Waals surface area contributed by atoms with Crippen LogP contribution in [0.3, 0.4) is 0 Å². The maximum atomic E-state index is 5.70. The number of aromatic amines is 1. The highest BCUT2D eigenvalue weighted by Crippen LogP contribution is 2.18. The number of nitrogens with one attached hydrogen (secondary N) is 1. The molecule has 0 bridgehead atoms. The van der Waals surface area contributed by atoms with E-state index in [0.717, 1.165) is 16.2 Å². The lowest BCUT2D eigenvalue weighted by Crippen LogP contribution is -1.73. The van der Waals surface area contributed by atoms with Crippen LogP contribution in [-0.4, -0.2) is 21.2 Å². The summed E-state index contributed by atoms with van der Waals surface area (Å²) in [6.45, 7) is 0. The van der Waals surface area contributed by atoms with Gasteiger partial charge in [0.1, 0.15) is 5.15 Å². The lowest BCUT2D eigenvalue weighted by Gasteiger charge is -1.86. The molecule has 2 aromatic rings. The first-order valence-electron chi connectivity index (χ1n) is 3.35. The molecule has 0 spiro atoms. The molecule has 0 saturated heterocycles. The van der Waals surface area contributed by atoms with Crippen molar-refractivity contribution in [1.82, 2.24) is 15.0 Å². The smallest absolute Gasteiger partial charge is 0.166 e. The Morgan fingerprint density at radius 1 is 1.58 bits per heavy atom. The van der Waals surface area contributed by atoms with Crippen LogP contribution in [0.1, 0.15) is 0 Å². The zero-order chi connectivity index (χ0) is 8.55. The molecule has 3 nitrogen and oxygen atoms in total. The van der Waals surface area contributed by atoms with Crippen molar-refractivity contribution in [2.24, 2.45) is 0 Å². The van der Waals surface area contributed by atoms with Gasteiger partial charge < -0.3 is 4.98 Å². The second-order valence-corrected chi connectivity index (χ2v) is 3.45. The van der Waals surface area contributed by atoms with Crippen molar-refractivity contribution in [3.8, 4) is 0 Å². The molecule has 0 radical (unpaired) electrons. The van der Waals surface area contributed by atoms with Crippen LogP contribution in [-0.2, 0) is 0 Å². The minimum atomic E-state index is 0.474. The van der Waals surface area contributed by atoms with Crippen molar-refractivity contribution >= 4 is 34.4 Å². The third-order valence-electron chi connectivity index (χ3n) is 1.51. The van der Waals surface area contributed by atoms with Crippen LogP contribution in [0.5, 0.6) is 0 Å². The highest BCUT2D eigenvalue weighted by Gasteiger charge is 2.01. The molecule has 62 valence electrons. The number of pyridine rings is 1. The van der Waals surface area contributed by atoms with Gasteiger partial charge in [0, 0.05) is 6.07 Å². The zero-order valence-electron chi connectivity index (χ0n) is 6.34. The minimum Gasteiger partial charge on any atom is -0.332 e. The summed E-state index contributed by atoms with van der Waals surface area (Å²) in [6.07, 6.45) is 3.65. The van der Waals surface area contributed by atoms with Gasteiger partial charge in [0.15, 0.2) is 5.16 Å². The van der Waals surface area contributed by atoms with E-state index in [4.69, 9.17) is 11.6 Å². The van der Waals surface area contributed by atoms with E-state index in [2.05, 4.69) is 15.0 Å².